The van der Waals surface area contributed by atoms with Crippen molar-refractivity contribution < 1.29 is 20.1 Å². The van der Waals surface area contributed by atoms with Gasteiger partial charge in [-0.25, -0.2) is 0 Å². The summed E-state index contributed by atoms with van der Waals surface area (Å²) in [5, 5.41) is 26.7. The van der Waals surface area contributed by atoms with Crippen LogP contribution in [0.25, 0.3) is 0 Å². The number of carbonyl (C=O) groups is 1. The molecule has 78 valence electrons. The number of carboxylic acid groups (broad SMARTS) is 1. The Morgan fingerprint density at radius 3 is 2.29 bits per heavy atom. The van der Waals surface area contributed by atoms with E-state index in [4.69, 9.17) is 15.3 Å². The second-order valence-electron chi connectivity index (χ2n) is 3.66. The summed E-state index contributed by atoms with van der Waals surface area (Å²) < 4.78 is 0. The van der Waals surface area contributed by atoms with Crippen molar-refractivity contribution in [2.24, 2.45) is 5.41 Å². The number of carboxylic acids is 1. The number of aliphatic hydroxyl groups is 2. The van der Waals surface area contributed by atoms with Gasteiger partial charge in [-0.05, 0) is 32.3 Å². The molecule has 0 spiro atoms. The summed E-state index contributed by atoms with van der Waals surface area (Å²) in [6.07, 6.45) is 4.69. The normalized spacial score (nSPS) is 20.6. The van der Waals surface area contributed by atoms with Crippen molar-refractivity contribution in [3.63, 3.8) is 0 Å². The lowest BCUT2D eigenvalue weighted by Gasteiger charge is -2.04. The first-order valence-electron chi connectivity index (χ1n) is 4.47. The van der Waals surface area contributed by atoms with Crippen molar-refractivity contribution >= 4 is 5.97 Å². The van der Waals surface area contributed by atoms with Crippen LogP contribution in [0.2, 0.25) is 0 Å². The van der Waals surface area contributed by atoms with Gasteiger partial charge in [-0.15, -0.1) is 0 Å². The molecule has 1 fully saturated rings. The Hall–Kier alpha value is -1.45. The van der Waals surface area contributed by atoms with Crippen molar-refractivity contribution in [1.82, 2.24) is 0 Å². The minimum atomic E-state index is -0.786. The third kappa shape index (κ3) is 2.28. The average molecular weight is 198 g/mol. The van der Waals surface area contributed by atoms with Crippen molar-refractivity contribution in [1.29, 1.82) is 0 Å². The second-order valence-corrected chi connectivity index (χ2v) is 3.66. The van der Waals surface area contributed by atoms with Gasteiger partial charge in [0.25, 0.3) is 0 Å². The number of aliphatic hydroxyl groups excluding tert-OH is 2. The Morgan fingerprint density at radius 2 is 1.93 bits per heavy atom. The van der Waals surface area contributed by atoms with Crippen LogP contribution in [0, 0.1) is 5.41 Å². The van der Waals surface area contributed by atoms with Gasteiger partial charge in [0.2, 0.25) is 0 Å². The lowest BCUT2D eigenvalue weighted by atomic mass is 10.0. The molecule has 1 aliphatic carbocycles. The molecule has 3 N–H and O–H groups in total. The Labute approximate surface area is 82.2 Å². The molecule has 4 nitrogen and oxygen atoms in total. The lowest BCUT2D eigenvalue weighted by molar-refractivity contribution is -0.143. The Balaban J connectivity index is 2.49. The van der Waals surface area contributed by atoms with E-state index in [1.54, 1.807) is 6.08 Å². The van der Waals surface area contributed by atoms with E-state index >= 15 is 0 Å². The number of rotatable bonds is 4. The molecule has 0 bridgehead atoms. The summed E-state index contributed by atoms with van der Waals surface area (Å²) in [5.41, 5.74) is -0.611. The summed E-state index contributed by atoms with van der Waals surface area (Å²) in [6.45, 7) is 1.36. The highest BCUT2D eigenvalue weighted by Gasteiger charge is 2.48. The Bertz CT molecular complexity index is 293. The Morgan fingerprint density at radius 1 is 1.36 bits per heavy atom. The molecule has 1 saturated carbocycles. The standard InChI is InChI=1S/C10H14O4/c1-7(11)8(12)3-2-4-10(5-6-10)9(13)14/h2-3,11-12H,4-6H2,1H3,(H,13,14)/b3-2-,8-7-. The third-order valence-electron chi connectivity index (χ3n) is 2.46. The van der Waals surface area contributed by atoms with Crippen LogP contribution in [-0.4, -0.2) is 21.3 Å². The predicted octanol–water partition coefficient (Wildman–Crippen LogP) is 2.15. The molecule has 4 heteroatoms. The number of aliphatic carboxylic acids is 1. The first-order valence-corrected chi connectivity index (χ1v) is 4.47. The molecule has 14 heavy (non-hydrogen) atoms. The molecule has 1 rings (SSSR count). The smallest absolute Gasteiger partial charge is 0.309 e. The summed E-state index contributed by atoms with van der Waals surface area (Å²) in [5.74, 6) is -1.17. The number of allylic oxidation sites excluding steroid dienone is 3. The molecule has 0 amide bonds. The molecule has 0 aliphatic heterocycles. The highest BCUT2D eigenvalue weighted by molar-refractivity contribution is 5.77. The molecular formula is C10H14O4. The van der Waals surface area contributed by atoms with Crippen LogP contribution in [0.15, 0.2) is 23.7 Å². The molecule has 0 aromatic heterocycles. The summed E-state index contributed by atoms with van der Waals surface area (Å²) in [7, 11) is 0. The predicted molar refractivity (Wildman–Crippen MR) is 51.0 cm³/mol. The maximum atomic E-state index is 10.7. The fourth-order valence-corrected chi connectivity index (χ4v) is 1.17. The SMILES string of the molecule is C/C(O)=C(O)\C=C/CC1(C(=O)O)CC1. The van der Waals surface area contributed by atoms with E-state index < -0.39 is 11.4 Å². The Kier molecular flexibility index (Phi) is 2.84. The zero-order chi connectivity index (χ0) is 10.8. The molecule has 0 heterocycles. The summed E-state index contributed by atoms with van der Waals surface area (Å²) in [6, 6.07) is 0. The molecular weight excluding hydrogens is 184 g/mol. The van der Waals surface area contributed by atoms with E-state index in [0.29, 0.717) is 19.3 Å². The van der Waals surface area contributed by atoms with Crippen LogP contribution in [0.5, 0.6) is 0 Å². The molecule has 1 aliphatic rings. The molecule has 0 aromatic rings. The molecule has 0 saturated heterocycles. The minimum Gasteiger partial charge on any atom is -0.509 e. The lowest BCUT2D eigenvalue weighted by Crippen LogP contribution is -2.13. The molecule has 0 aromatic carbocycles. The zero-order valence-corrected chi connectivity index (χ0v) is 8.03. The molecule has 0 unspecified atom stereocenters. The maximum Gasteiger partial charge on any atom is 0.309 e. The number of hydrogen-bond acceptors (Lipinski definition) is 3. The largest absolute Gasteiger partial charge is 0.509 e. The second kappa shape index (κ2) is 3.74. The fraction of sp³-hybridized carbons (Fsp3) is 0.500. The summed E-state index contributed by atoms with van der Waals surface area (Å²) in [4.78, 5) is 10.7. The van der Waals surface area contributed by atoms with Crippen LogP contribution in [-0.2, 0) is 4.79 Å². The van der Waals surface area contributed by atoms with Gasteiger partial charge >= 0.3 is 5.97 Å². The van der Waals surface area contributed by atoms with Crippen molar-refractivity contribution in [3.05, 3.63) is 23.7 Å². The fourth-order valence-electron chi connectivity index (χ4n) is 1.17. The van der Waals surface area contributed by atoms with Crippen LogP contribution < -0.4 is 0 Å². The van der Waals surface area contributed by atoms with Crippen molar-refractivity contribution in [2.75, 3.05) is 0 Å². The monoisotopic (exact) mass is 198 g/mol. The van der Waals surface area contributed by atoms with Crippen LogP contribution in [0.1, 0.15) is 26.2 Å². The van der Waals surface area contributed by atoms with E-state index in [2.05, 4.69) is 0 Å². The van der Waals surface area contributed by atoms with E-state index in [0.717, 1.165) is 0 Å². The topological polar surface area (TPSA) is 77.8 Å². The maximum absolute atomic E-state index is 10.7. The van der Waals surface area contributed by atoms with Gasteiger partial charge in [-0.3, -0.25) is 4.79 Å². The average Bonchev–Trinajstić information content (AvgIpc) is 2.85. The van der Waals surface area contributed by atoms with Gasteiger partial charge in [0.1, 0.15) is 5.76 Å². The van der Waals surface area contributed by atoms with E-state index in [9.17, 15) is 4.79 Å². The highest BCUT2D eigenvalue weighted by Crippen LogP contribution is 2.49. The quantitative estimate of drug-likeness (QED) is 0.477. The van der Waals surface area contributed by atoms with Crippen LogP contribution in [0.4, 0.5) is 0 Å². The van der Waals surface area contributed by atoms with Crippen LogP contribution in [0.3, 0.4) is 0 Å². The third-order valence-corrected chi connectivity index (χ3v) is 2.46. The van der Waals surface area contributed by atoms with Crippen molar-refractivity contribution in [3.8, 4) is 0 Å². The van der Waals surface area contributed by atoms with E-state index in [1.165, 1.54) is 13.0 Å². The minimum absolute atomic E-state index is 0.165. The van der Waals surface area contributed by atoms with Gasteiger partial charge in [0.15, 0.2) is 5.76 Å². The first-order chi connectivity index (χ1) is 6.48. The van der Waals surface area contributed by atoms with Gasteiger partial charge in [-0.2, -0.15) is 0 Å². The van der Waals surface area contributed by atoms with E-state index in [-0.39, 0.29) is 11.5 Å². The first kappa shape index (κ1) is 10.6. The van der Waals surface area contributed by atoms with Gasteiger partial charge < -0.3 is 15.3 Å². The summed E-state index contributed by atoms with van der Waals surface area (Å²) >= 11 is 0. The van der Waals surface area contributed by atoms with Gasteiger partial charge in [-0.1, -0.05) is 6.08 Å². The van der Waals surface area contributed by atoms with Gasteiger partial charge in [0, 0.05) is 0 Å². The number of hydrogen-bond donors (Lipinski definition) is 3. The zero-order valence-electron chi connectivity index (χ0n) is 8.03. The van der Waals surface area contributed by atoms with Crippen molar-refractivity contribution in [2.45, 2.75) is 26.2 Å². The molecule has 0 radical (unpaired) electrons. The van der Waals surface area contributed by atoms with E-state index in [1.807, 2.05) is 0 Å². The van der Waals surface area contributed by atoms with Gasteiger partial charge in [0.05, 0.1) is 5.41 Å². The highest BCUT2D eigenvalue weighted by atomic mass is 16.4. The molecule has 0 atom stereocenters. The van der Waals surface area contributed by atoms with Crippen LogP contribution >= 0.6 is 0 Å².